The van der Waals surface area contributed by atoms with E-state index in [2.05, 4.69) is 0 Å². The topological polar surface area (TPSA) is 98.5 Å². The predicted molar refractivity (Wildman–Crippen MR) is 151 cm³/mol. The van der Waals surface area contributed by atoms with Crippen molar-refractivity contribution >= 4 is 17.7 Å². The molecule has 1 heterocycles. The number of aryl methyl sites for hydroxylation is 1. The fourth-order valence-electron chi connectivity index (χ4n) is 6.03. The molecule has 1 saturated heterocycles. The summed E-state index contributed by atoms with van der Waals surface area (Å²) in [6.45, 7) is 3.21. The van der Waals surface area contributed by atoms with Crippen LogP contribution in [0.1, 0.15) is 61.9 Å². The van der Waals surface area contributed by atoms with E-state index in [1.165, 1.54) is 60.4 Å². The van der Waals surface area contributed by atoms with Crippen LogP contribution < -0.4 is 0 Å². The van der Waals surface area contributed by atoms with Crippen LogP contribution in [-0.2, 0) is 4.79 Å². The highest BCUT2D eigenvalue weighted by Crippen LogP contribution is 2.57. The van der Waals surface area contributed by atoms with E-state index in [4.69, 9.17) is 0 Å². The van der Waals surface area contributed by atoms with Crippen LogP contribution in [0.25, 0.3) is 0 Å². The number of nitrogens with zero attached hydrogens (tertiary/aromatic N) is 2. The highest BCUT2D eigenvalue weighted by Gasteiger charge is 2.64. The van der Waals surface area contributed by atoms with Gasteiger partial charge in [0, 0.05) is 17.0 Å². The van der Waals surface area contributed by atoms with E-state index >= 15 is 0 Å². The van der Waals surface area contributed by atoms with Crippen molar-refractivity contribution in [1.82, 2.24) is 4.90 Å². The second-order valence-corrected chi connectivity index (χ2v) is 10.6. The third kappa shape index (κ3) is 4.83. The third-order valence-electron chi connectivity index (χ3n) is 8.04. The lowest BCUT2D eigenvalue weighted by molar-refractivity contribution is -0.148. The van der Waals surface area contributed by atoms with Crippen LogP contribution in [0.3, 0.4) is 0 Å². The van der Waals surface area contributed by atoms with Gasteiger partial charge in [0.15, 0.2) is 5.78 Å². The molecule has 8 heteroatoms. The highest BCUT2D eigenvalue weighted by molar-refractivity contribution is 6.04. The standard InChI is InChI=1S/C34H26F2N2O4/c1-20-4-3-5-25(18-20)31(39)28-29(22-10-14-26(35)15-11-22)34(2,33(41)42)38(32(40)24-12-16-27(36)17-13-24)30(28)23-8-6-21(19-37)7-9-23/h3-18,28-30H,1-2H3,(H,41,42). The molecule has 0 saturated carbocycles. The summed E-state index contributed by atoms with van der Waals surface area (Å²) in [5.74, 6) is -5.85. The lowest BCUT2D eigenvalue weighted by Crippen LogP contribution is -2.54. The Morgan fingerprint density at radius 2 is 1.40 bits per heavy atom. The van der Waals surface area contributed by atoms with Crippen LogP contribution in [0.15, 0.2) is 97.1 Å². The maximum Gasteiger partial charge on any atom is 0.330 e. The molecule has 4 atom stereocenters. The second kappa shape index (κ2) is 11.0. The Labute approximate surface area is 241 Å². The quantitative estimate of drug-likeness (QED) is 0.271. The van der Waals surface area contributed by atoms with E-state index in [1.54, 1.807) is 30.3 Å². The number of carbonyl (C=O) groups excluding carboxylic acids is 2. The van der Waals surface area contributed by atoms with Gasteiger partial charge in [-0.3, -0.25) is 9.59 Å². The molecule has 4 unspecified atom stereocenters. The third-order valence-corrected chi connectivity index (χ3v) is 8.04. The number of carboxylic acids is 1. The molecular weight excluding hydrogens is 538 g/mol. The van der Waals surface area contributed by atoms with Gasteiger partial charge in [0.1, 0.15) is 17.2 Å². The Balaban J connectivity index is 1.83. The molecule has 1 fully saturated rings. The summed E-state index contributed by atoms with van der Waals surface area (Å²) in [5, 5.41) is 20.2. The van der Waals surface area contributed by atoms with Gasteiger partial charge in [-0.25, -0.2) is 13.6 Å². The molecule has 5 rings (SSSR count). The van der Waals surface area contributed by atoms with E-state index in [1.807, 2.05) is 19.1 Å². The fourth-order valence-corrected chi connectivity index (χ4v) is 6.03. The first-order chi connectivity index (χ1) is 20.1. The van der Waals surface area contributed by atoms with Crippen molar-refractivity contribution in [2.24, 2.45) is 5.92 Å². The van der Waals surface area contributed by atoms with Gasteiger partial charge in [0.2, 0.25) is 0 Å². The molecule has 0 aromatic heterocycles. The molecule has 0 spiro atoms. The van der Waals surface area contributed by atoms with Crippen molar-refractivity contribution in [1.29, 1.82) is 5.26 Å². The average molecular weight is 565 g/mol. The normalized spacial score (nSPS) is 21.5. The highest BCUT2D eigenvalue weighted by atomic mass is 19.1. The van der Waals surface area contributed by atoms with Crippen LogP contribution in [0.5, 0.6) is 0 Å². The number of ketones is 1. The van der Waals surface area contributed by atoms with E-state index in [-0.39, 0.29) is 5.56 Å². The molecule has 0 bridgehead atoms. The Morgan fingerprint density at radius 1 is 0.833 bits per heavy atom. The number of nitriles is 1. The number of aliphatic carboxylic acids is 1. The van der Waals surface area contributed by atoms with Gasteiger partial charge in [-0.1, -0.05) is 48.0 Å². The largest absolute Gasteiger partial charge is 0.479 e. The summed E-state index contributed by atoms with van der Waals surface area (Å²) in [5.41, 5.74) is 0.302. The zero-order valence-electron chi connectivity index (χ0n) is 22.8. The smallest absolute Gasteiger partial charge is 0.330 e. The maximum absolute atomic E-state index is 14.5. The van der Waals surface area contributed by atoms with E-state index < -0.39 is 52.7 Å². The maximum atomic E-state index is 14.5. The Hall–Kier alpha value is -5.16. The van der Waals surface area contributed by atoms with E-state index in [0.717, 1.165) is 17.7 Å². The lowest BCUT2D eigenvalue weighted by Gasteiger charge is -2.38. The van der Waals surface area contributed by atoms with Crippen molar-refractivity contribution in [3.63, 3.8) is 0 Å². The number of hydrogen-bond acceptors (Lipinski definition) is 4. The number of Topliss-reactive ketones (excluding diaryl/α,β-unsaturated/α-hetero) is 1. The first kappa shape index (κ1) is 28.4. The number of hydrogen-bond donors (Lipinski definition) is 1. The minimum atomic E-state index is -2.01. The fraction of sp³-hybridized carbons (Fsp3) is 0.176. The van der Waals surface area contributed by atoms with Crippen molar-refractivity contribution in [3.8, 4) is 6.07 Å². The van der Waals surface area contributed by atoms with E-state index in [0.29, 0.717) is 22.3 Å². The van der Waals surface area contributed by atoms with Gasteiger partial charge in [0.05, 0.1) is 23.6 Å². The van der Waals surface area contributed by atoms with Gasteiger partial charge in [-0.15, -0.1) is 0 Å². The molecule has 1 amide bonds. The number of carbonyl (C=O) groups is 3. The van der Waals surface area contributed by atoms with Crippen molar-refractivity contribution in [2.75, 3.05) is 0 Å². The zero-order valence-corrected chi connectivity index (χ0v) is 22.8. The van der Waals surface area contributed by atoms with Crippen LogP contribution in [0.4, 0.5) is 8.78 Å². The summed E-state index contributed by atoms with van der Waals surface area (Å²) in [6, 6.07) is 24.0. The Morgan fingerprint density at radius 3 is 1.95 bits per heavy atom. The Kier molecular flexibility index (Phi) is 7.44. The van der Waals surface area contributed by atoms with Crippen LogP contribution >= 0.6 is 0 Å². The summed E-state index contributed by atoms with van der Waals surface area (Å²) in [6.07, 6.45) is 0. The van der Waals surface area contributed by atoms with E-state index in [9.17, 15) is 33.5 Å². The van der Waals surface area contributed by atoms with Crippen LogP contribution in [0, 0.1) is 35.8 Å². The summed E-state index contributed by atoms with van der Waals surface area (Å²) < 4.78 is 27.9. The zero-order chi connectivity index (χ0) is 30.2. The molecule has 0 aliphatic carbocycles. The number of carboxylic acid groups (broad SMARTS) is 1. The molecule has 0 radical (unpaired) electrons. The number of likely N-dealkylation sites (tertiary alicyclic amines) is 1. The van der Waals surface area contributed by atoms with Crippen molar-refractivity contribution in [3.05, 3.63) is 142 Å². The van der Waals surface area contributed by atoms with Gasteiger partial charge in [-0.05, 0) is 79.6 Å². The van der Waals surface area contributed by atoms with Gasteiger partial charge in [-0.2, -0.15) is 5.26 Å². The Bertz CT molecular complexity index is 1710. The lowest BCUT2D eigenvalue weighted by atomic mass is 9.71. The summed E-state index contributed by atoms with van der Waals surface area (Å²) in [7, 11) is 0. The average Bonchev–Trinajstić information content (AvgIpc) is 3.27. The second-order valence-electron chi connectivity index (χ2n) is 10.6. The van der Waals surface area contributed by atoms with Crippen LogP contribution in [-0.4, -0.2) is 33.2 Å². The minimum absolute atomic E-state index is 0.0315. The monoisotopic (exact) mass is 564 g/mol. The molecular formula is C34H26F2N2O4. The number of halogens is 2. The van der Waals surface area contributed by atoms with Gasteiger partial charge < -0.3 is 10.0 Å². The molecule has 210 valence electrons. The van der Waals surface area contributed by atoms with Gasteiger partial charge in [0.25, 0.3) is 5.91 Å². The first-order valence-electron chi connectivity index (χ1n) is 13.2. The summed E-state index contributed by atoms with van der Waals surface area (Å²) in [4.78, 5) is 43.3. The number of benzene rings is 4. The molecule has 6 nitrogen and oxygen atoms in total. The molecule has 4 aromatic carbocycles. The molecule has 1 aliphatic rings. The van der Waals surface area contributed by atoms with Crippen molar-refractivity contribution in [2.45, 2.75) is 31.3 Å². The van der Waals surface area contributed by atoms with Crippen molar-refractivity contribution < 1.29 is 28.3 Å². The SMILES string of the molecule is Cc1cccc(C(=O)C2C(c3ccc(C#N)cc3)N(C(=O)c3ccc(F)cc3)C(C)(C(=O)O)C2c2ccc(F)cc2)c1. The van der Waals surface area contributed by atoms with Gasteiger partial charge >= 0.3 is 5.97 Å². The summed E-state index contributed by atoms with van der Waals surface area (Å²) >= 11 is 0. The minimum Gasteiger partial charge on any atom is -0.479 e. The predicted octanol–water partition coefficient (Wildman–Crippen LogP) is 6.47. The molecule has 42 heavy (non-hydrogen) atoms. The number of amides is 1. The molecule has 4 aromatic rings. The molecule has 1 aliphatic heterocycles. The number of rotatable bonds is 6. The first-order valence-corrected chi connectivity index (χ1v) is 13.2. The molecule has 1 N–H and O–H groups in total. The van der Waals surface area contributed by atoms with Crippen LogP contribution in [0.2, 0.25) is 0 Å².